The van der Waals surface area contributed by atoms with Gasteiger partial charge in [0, 0.05) is 23.2 Å². The predicted octanol–water partition coefficient (Wildman–Crippen LogP) is 7.26. The highest BCUT2D eigenvalue weighted by Crippen LogP contribution is 2.39. The van der Waals surface area contributed by atoms with Crippen molar-refractivity contribution in [1.82, 2.24) is 9.38 Å². The third kappa shape index (κ3) is 2.77. The SMILES string of the molecule is CC(C)c1cccc(C(C)C)c1-c1ccc2c3ccc(O)cc3c3nccn3c2c1. The normalized spacial score (nSPS) is 12.1. The first-order valence-corrected chi connectivity index (χ1v) is 10.6. The number of fused-ring (bicyclic) bond motifs is 6. The first kappa shape index (κ1) is 18.7. The molecule has 150 valence electrons. The van der Waals surface area contributed by atoms with Gasteiger partial charge in [0.25, 0.3) is 0 Å². The second-order valence-corrected chi connectivity index (χ2v) is 8.70. The molecular weight excluding hydrogens is 368 g/mol. The molecule has 3 heteroatoms. The van der Waals surface area contributed by atoms with Gasteiger partial charge >= 0.3 is 0 Å². The minimum absolute atomic E-state index is 0.260. The number of hydrogen-bond donors (Lipinski definition) is 1. The zero-order valence-electron chi connectivity index (χ0n) is 17.8. The van der Waals surface area contributed by atoms with Gasteiger partial charge in [-0.2, -0.15) is 0 Å². The van der Waals surface area contributed by atoms with Crippen molar-refractivity contribution in [3.63, 3.8) is 0 Å². The number of nitrogens with zero attached hydrogens (tertiary/aromatic N) is 2. The lowest BCUT2D eigenvalue weighted by molar-refractivity contribution is 0.476. The number of benzene rings is 3. The van der Waals surface area contributed by atoms with Gasteiger partial charge in [-0.15, -0.1) is 0 Å². The Morgan fingerprint density at radius 2 is 1.50 bits per heavy atom. The van der Waals surface area contributed by atoms with Crippen LogP contribution in [0.5, 0.6) is 5.75 Å². The van der Waals surface area contributed by atoms with Crippen molar-refractivity contribution in [2.45, 2.75) is 39.5 Å². The summed E-state index contributed by atoms with van der Waals surface area (Å²) in [7, 11) is 0. The van der Waals surface area contributed by atoms with E-state index >= 15 is 0 Å². The second kappa shape index (κ2) is 6.88. The summed E-state index contributed by atoms with van der Waals surface area (Å²) >= 11 is 0. The van der Waals surface area contributed by atoms with E-state index < -0.39 is 0 Å². The summed E-state index contributed by atoms with van der Waals surface area (Å²) in [6.07, 6.45) is 3.83. The average molecular weight is 395 g/mol. The highest BCUT2D eigenvalue weighted by Gasteiger charge is 2.17. The van der Waals surface area contributed by atoms with E-state index in [2.05, 4.69) is 73.5 Å². The lowest BCUT2D eigenvalue weighted by Gasteiger charge is -2.20. The van der Waals surface area contributed by atoms with Gasteiger partial charge < -0.3 is 5.11 Å². The minimum atomic E-state index is 0.260. The average Bonchev–Trinajstić information content (AvgIpc) is 3.23. The highest BCUT2D eigenvalue weighted by atomic mass is 16.3. The molecule has 0 saturated heterocycles. The molecule has 0 radical (unpaired) electrons. The predicted molar refractivity (Wildman–Crippen MR) is 125 cm³/mol. The number of phenols is 1. The summed E-state index contributed by atoms with van der Waals surface area (Å²) in [4.78, 5) is 4.58. The van der Waals surface area contributed by atoms with Crippen LogP contribution in [-0.2, 0) is 0 Å². The van der Waals surface area contributed by atoms with Gasteiger partial charge in [0.05, 0.1) is 5.52 Å². The van der Waals surface area contributed by atoms with E-state index in [1.54, 1.807) is 12.1 Å². The zero-order valence-corrected chi connectivity index (χ0v) is 17.8. The van der Waals surface area contributed by atoms with Gasteiger partial charge in [-0.05, 0) is 63.7 Å². The summed E-state index contributed by atoms with van der Waals surface area (Å²) < 4.78 is 2.13. The van der Waals surface area contributed by atoms with E-state index in [1.807, 2.05) is 18.5 Å². The van der Waals surface area contributed by atoms with Crippen LogP contribution < -0.4 is 0 Å². The molecule has 0 saturated carbocycles. The third-order valence-electron chi connectivity index (χ3n) is 6.09. The Hall–Kier alpha value is -3.33. The van der Waals surface area contributed by atoms with Crippen molar-refractivity contribution in [3.8, 4) is 16.9 Å². The van der Waals surface area contributed by atoms with Crippen LogP contribution in [0.1, 0.15) is 50.7 Å². The van der Waals surface area contributed by atoms with Crippen molar-refractivity contribution in [2.24, 2.45) is 0 Å². The number of aromatic hydroxyl groups is 1. The monoisotopic (exact) mass is 394 g/mol. The van der Waals surface area contributed by atoms with Crippen molar-refractivity contribution >= 4 is 27.3 Å². The molecule has 0 aliphatic heterocycles. The molecule has 0 spiro atoms. The van der Waals surface area contributed by atoms with E-state index in [4.69, 9.17) is 0 Å². The summed E-state index contributed by atoms with van der Waals surface area (Å²) in [5.74, 6) is 1.15. The van der Waals surface area contributed by atoms with Crippen molar-refractivity contribution in [1.29, 1.82) is 0 Å². The maximum Gasteiger partial charge on any atom is 0.145 e. The fraction of sp³-hybridized carbons (Fsp3) is 0.222. The molecule has 5 rings (SSSR count). The van der Waals surface area contributed by atoms with E-state index in [9.17, 15) is 5.11 Å². The van der Waals surface area contributed by atoms with Crippen molar-refractivity contribution < 1.29 is 5.11 Å². The van der Waals surface area contributed by atoms with Crippen LogP contribution in [0.4, 0.5) is 0 Å². The van der Waals surface area contributed by atoms with E-state index in [0.717, 1.165) is 27.3 Å². The van der Waals surface area contributed by atoms with Crippen LogP contribution in [0, 0.1) is 0 Å². The number of phenolic OH excluding ortho intramolecular Hbond substituents is 1. The van der Waals surface area contributed by atoms with Gasteiger partial charge in [-0.1, -0.05) is 58.0 Å². The molecular formula is C27H26N2O. The van der Waals surface area contributed by atoms with E-state index in [0.29, 0.717) is 11.8 Å². The van der Waals surface area contributed by atoms with Crippen LogP contribution >= 0.6 is 0 Å². The van der Waals surface area contributed by atoms with Gasteiger partial charge in [0.1, 0.15) is 11.4 Å². The van der Waals surface area contributed by atoms with Crippen LogP contribution in [0.3, 0.4) is 0 Å². The number of rotatable bonds is 3. The fourth-order valence-electron chi connectivity index (χ4n) is 4.65. The minimum Gasteiger partial charge on any atom is -0.508 e. The van der Waals surface area contributed by atoms with Gasteiger partial charge in [-0.25, -0.2) is 4.98 Å². The van der Waals surface area contributed by atoms with E-state index in [1.165, 1.54) is 22.3 Å². The summed E-state index contributed by atoms with van der Waals surface area (Å²) in [6, 6.07) is 19.0. The van der Waals surface area contributed by atoms with Crippen molar-refractivity contribution in [2.75, 3.05) is 0 Å². The molecule has 0 amide bonds. The Kier molecular flexibility index (Phi) is 4.28. The molecule has 0 aliphatic carbocycles. The molecule has 2 aromatic heterocycles. The third-order valence-corrected chi connectivity index (χ3v) is 6.09. The molecule has 3 aromatic carbocycles. The standard InChI is InChI=1S/C27H26N2O/c1-16(2)20-6-5-7-21(17(3)4)26(20)18-8-10-23-22-11-9-19(30)15-24(22)27-28-12-13-29(27)25(23)14-18/h5-17,30H,1-4H3. The lowest BCUT2D eigenvalue weighted by atomic mass is 9.84. The molecule has 5 aromatic rings. The highest BCUT2D eigenvalue weighted by molar-refractivity contribution is 6.12. The Labute approximate surface area is 176 Å². The molecule has 0 aliphatic rings. The van der Waals surface area contributed by atoms with Crippen LogP contribution in [0.2, 0.25) is 0 Å². The van der Waals surface area contributed by atoms with Crippen LogP contribution in [0.25, 0.3) is 38.4 Å². The number of pyridine rings is 1. The summed E-state index contributed by atoms with van der Waals surface area (Å²) in [5.41, 5.74) is 7.35. The first-order chi connectivity index (χ1) is 14.5. The second-order valence-electron chi connectivity index (χ2n) is 8.70. The van der Waals surface area contributed by atoms with Crippen molar-refractivity contribution in [3.05, 3.63) is 78.1 Å². The van der Waals surface area contributed by atoms with Crippen LogP contribution in [-0.4, -0.2) is 14.5 Å². The molecule has 0 bridgehead atoms. The molecule has 1 N–H and O–H groups in total. The smallest absolute Gasteiger partial charge is 0.145 e. The first-order valence-electron chi connectivity index (χ1n) is 10.6. The van der Waals surface area contributed by atoms with Gasteiger partial charge in [-0.3, -0.25) is 4.40 Å². The van der Waals surface area contributed by atoms with Crippen LogP contribution in [0.15, 0.2) is 67.0 Å². The number of aromatic nitrogens is 2. The molecule has 3 nitrogen and oxygen atoms in total. The molecule has 30 heavy (non-hydrogen) atoms. The fourth-order valence-corrected chi connectivity index (χ4v) is 4.65. The lowest BCUT2D eigenvalue weighted by Crippen LogP contribution is -2.00. The Bertz CT molecular complexity index is 1380. The van der Waals surface area contributed by atoms with Gasteiger partial charge in [0.2, 0.25) is 0 Å². The summed E-state index contributed by atoms with van der Waals surface area (Å²) in [5, 5.41) is 13.2. The topological polar surface area (TPSA) is 37.5 Å². The molecule has 0 atom stereocenters. The Morgan fingerprint density at radius 1 is 0.800 bits per heavy atom. The quantitative estimate of drug-likeness (QED) is 0.327. The van der Waals surface area contributed by atoms with E-state index in [-0.39, 0.29) is 5.75 Å². The maximum atomic E-state index is 10.0. The Morgan fingerprint density at radius 3 is 2.20 bits per heavy atom. The molecule has 0 unspecified atom stereocenters. The maximum absolute atomic E-state index is 10.0. The zero-order chi connectivity index (χ0) is 21.0. The summed E-state index contributed by atoms with van der Waals surface area (Å²) in [6.45, 7) is 9.05. The molecule has 2 heterocycles. The Balaban J connectivity index is 1.89. The number of imidazole rings is 1. The van der Waals surface area contributed by atoms with Gasteiger partial charge in [0.15, 0.2) is 0 Å². The molecule has 0 fully saturated rings. The number of hydrogen-bond acceptors (Lipinski definition) is 2. The largest absolute Gasteiger partial charge is 0.508 e.